The number of methoxy groups -OCH3 is 2. The van der Waals surface area contributed by atoms with Gasteiger partial charge in [-0.1, -0.05) is 35.5 Å². The van der Waals surface area contributed by atoms with Crippen LogP contribution in [-0.4, -0.2) is 30.9 Å². The number of ether oxygens (including phenoxy) is 2. The van der Waals surface area contributed by atoms with Gasteiger partial charge in [0, 0.05) is 16.7 Å². The highest BCUT2D eigenvalue weighted by atomic mass is 16.5. The molecule has 2 aromatic carbocycles. The first-order chi connectivity index (χ1) is 12.2. The number of benzene rings is 2. The van der Waals surface area contributed by atoms with E-state index in [-0.39, 0.29) is 28.2 Å². The molecule has 1 heterocycles. The number of carbonyl (C=O) groups is 2. The highest BCUT2D eigenvalue weighted by Crippen LogP contribution is 2.38. The molecule has 4 rings (SSSR count). The smallest absolute Gasteiger partial charge is 0.232 e. The Kier molecular flexibility index (Phi) is 3.39. The highest BCUT2D eigenvalue weighted by Gasteiger charge is 2.38. The fourth-order valence-corrected chi connectivity index (χ4v) is 2.96. The number of hydrogen-bond donors (Lipinski definition) is 0. The summed E-state index contributed by atoms with van der Waals surface area (Å²) in [6.07, 6.45) is 0. The lowest BCUT2D eigenvalue weighted by molar-refractivity contribution is 0.0954. The van der Waals surface area contributed by atoms with Gasteiger partial charge < -0.3 is 14.0 Å². The molecule has 0 radical (unpaired) electrons. The largest absolute Gasteiger partial charge is 0.493 e. The number of carbonyl (C=O) groups excluding carboxylic acids is 2. The maximum absolute atomic E-state index is 13.0. The molecule has 0 atom stereocenters. The van der Waals surface area contributed by atoms with Gasteiger partial charge in [0.25, 0.3) is 0 Å². The number of aromatic nitrogens is 1. The minimum atomic E-state index is -0.403. The monoisotopic (exact) mass is 335 g/mol. The van der Waals surface area contributed by atoms with Crippen molar-refractivity contribution in [2.24, 2.45) is 0 Å². The van der Waals surface area contributed by atoms with Gasteiger partial charge in [0.05, 0.1) is 14.2 Å². The maximum Gasteiger partial charge on any atom is 0.232 e. The van der Waals surface area contributed by atoms with E-state index in [1.54, 1.807) is 12.1 Å². The van der Waals surface area contributed by atoms with E-state index in [2.05, 4.69) is 5.16 Å². The first-order valence-corrected chi connectivity index (χ1v) is 7.56. The standard InChI is InChI=1S/C19H13NO5/c1-23-13-8-11-12(9-14(13)24-2)18(22)19-15(17(11)21)16(20-25-19)10-6-4-3-5-7-10/h3-9H,1-2H3. The van der Waals surface area contributed by atoms with Crippen LogP contribution in [0.15, 0.2) is 47.0 Å². The summed E-state index contributed by atoms with van der Waals surface area (Å²) in [5.74, 6) is -0.0355. The molecule has 0 saturated heterocycles. The van der Waals surface area contributed by atoms with Crippen molar-refractivity contribution in [1.82, 2.24) is 5.16 Å². The third-order valence-electron chi connectivity index (χ3n) is 4.19. The van der Waals surface area contributed by atoms with E-state index >= 15 is 0 Å². The topological polar surface area (TPSA) is 78.6 Å². The molecule has 0 N–H and O–H groups in total. The lowest BCUT2D eigenvalue weighted by atomic mass is 9.86. The normalized spacial score (nSPS) is 12.6. The van der Waals surface area contributed by atoms with E-state index in [0.717, 1.165) is 0 Å². The number of hydrogen-bond acceptors (Lipinski definition) is 6. The van der Waals surface area contributed by atoms with E-state index in [1.807, 2.05) is 18.2 Å². The number of nitrogens with zero attached hydrogens (tertiary/aromatic N) is 1. The predicted octanol–water partition coefficient (Wildman–Crippen LogP) is 3.13. The van der Waals surface area contributed by atoms with Crippen LogP contribution in [0.2, 0.25) is 0 Å². The zero-order chi connectivity index (χ0) is 17.6. The van der Waals surface area contributed by atoms with Gasteiger partial charge in [-0.2, -0.15) is 0 Å². The molecule has 25 heavy (non-hydrogen) atoms. The van der Waals surface area contributed by atoms with Crippen molar-refractivity contribution in [2.45, 2.75) is 0 Å². The van der Waals surface area contributed by atoms with Gasteiger partial charge in [0.1, 0.15) is 11.3 Å². The molecule has 1 aromatic heterocycles. The van der Waals surface area contributed by atoms with Gasteiger partial charge in [-0.15, -0.1) is 0 Å². The molecule has 6 heteroatoms. The zero-order valence-corrected chi connectivity index (χ0v) is 13.5. The quantitative estimate of drug-likeness (QED) is 0.572. The minimum Gasteiger partial charge on any atom is -0.493 e. The Morgan fingerprint density at radius 1 is 0.880 bits per heavy atom. The van der Waals surface area contributed by atoms with Crippen LogP contribution in [0.1, 0.15) is 32.0 Å². The number of ketones is 2. The minimum absolute atomic E-state index is 0.0522. The Morgan fingerprint density at radius 2 is 1.48 bits per heavy atom. The molecule has 1 aliphatic rings. The Balaban J connectivity index is 1.94. The fourth-order valence-electron chi connectivity index (χ4n) is 2.96. The van der Waals surface area contributed by atoms with Crippen LogP contribution in [-0.2, 0) is 0 Å². The molecule has 1 aliphatic carbocycles. The lowest BCUT2D eigenvalue weighted by Crippen LogP contribution is -2.20. The van der Waals surface area contributed by atoms with Crippen LogP contribution >= 0.6 is 0 Å². The van der Waals surface area contributed by atoms with E-state index in [0.29, 0.717) is 22.8 Å². The molecular formula is C19H13NO5. The van der Waals surface area contributed by atoms with E-state index in [1.165, 1.54) is 26.4 Å². The Labute approximate surface area is 143 Å². The summed E-state index contributed by atoms with van der Waals surface area (Å²) in [4.78, 5) is 25.8. The third-order valence-corrected chi connectivity index (χ3v) is 4.19. The van der Waals surface area contributed by atoms with Gasteiger partial charge >= 0.3 is 0 Å². The molecule has 0 amide bonds. The summed E-state index contributed by atoms with van der Waals surface area (Å²) in [6, 6.07) is 12.1. The van der Waals surface area contributed by atoms with E-state index in [4.69, 9.17) is 14.0 Å². The fraction of sp³-hybridized carbons (Fsp3) is 0.105. The highest BCUT2D eigenvalue weighted by molar-refractivity contribution is 6.29. The van der Waals surface area contributed by atoms with E-state index in [9.17, 15) is 9.59 Å². The summed E-state index contributed by atoms with van der Waals surface area (Å²) < 4.78 is 15.7. The van der Waals surface area contributed by atoms with Crippen molar-refractivity contribution >= 4 is 11.6 Å². The van der Waals surface area contributed by atoms with E-state index < -0.39 is 5.78 Å². The molecule has 124 valence electrons. The van der Waals surface area contributed by atoms with Crippen molar-refractivity contribution in [2.75, 3.05) is 14.2 Å². The van der Waals surface area contributed by atoms with Crippen LogP contribution < -0.4 is 9.47 Å². The summed E-state index contributed by atoms with van der Waals surface area (Å²) in [5, 5.41) is 3.96. The van der Waals surface area contributed by atoms with Gasteiger partial charge in [-0.05, 0) is 12.1 Å². The van der Waals surface area contributed by atoms with Crippen LogP contribution in [0.4, 0.5) is 0 Å². The van der Waals surface area contributed by atoms with Gasteiger partial charge in [0.15, 0.2) is 17.3 Å². The Morgan fingerprint density at radius 3 is 2.08 bits per heavy atom. The molecular weight excluding hydrogens is 322 g/mol. The van der Waals surface area contributed by atoms with Crippen molar-refractivity contribution in [3.8, 4) is 22.8 Å². The zero-order valence-electron chi connectivity index (χ0n) is 13.5. The number of rotatable bonds is 3. The van der Waals surface area contributed by atoms with Gasteiger partial charge in [-0.3, -0.25) is 9.59 Å². The Hall–Kier alpha value is -3.41. The predicted molar refractivity (Wildman–Crippen MR) is 88.4 cm³/mol. The molecule has 0 unspecified atom stereocenters. The van der Waals surface area contributed by atoms with Crippen molar-refractivity contribution in [3.63, 3.8) is 0 Å². The first kappa shape index (κ1) is 15.1. The summed E-state index contributed by atoms with van der Waals surface area (Å²) >= 11 is 0. The lowest BCUT2D eigenvalue weighted by Gasteiger charge is -2.16. The average Bonchev–Trinajstić information content (AvgIpc) is 3.11. The SMILES string of the molecule is COc1cc2c(cc1OC)C(=O)c1c(-c3ccccc3)noc1C2=O. The molecule has 0 spiro atoms. The van der Waals surface area contributed by atoms with Crippen molar-refractivity contribution < 1.29 is 23.6 Å². The van der Waals surface area contributed by atoms with Crippen LogP contribution in [0.3, 0.4) is 0 Å². The summed E-state index contributed by atoms with van der Waals surface area (Å²) in [6.45, 7) is 0. The molecule has 0 fully saturated rings. The molecule has 3 aromatic rings. The Bertz CT molecular complexity index is 1000. The second kappa shape index (κ2) is 5.59. The van der Waals surface area contributed by atoms with Crippen LogP contribution in [0.5, 0.6) is 11.5 Å². The molecule has 0 saturated carbocycles. The summed E-state index contributed by atoms with van der Waals surface area (Å²) in [7, 11) is 2.94. The van der Waals surface area contributed by atoms with Gasteiger partial charge in [0.2, 0.25) is 11.5 Å². The van der Waals surface area contributed by atoms with Crippen LogP contribution in [0.25, 0.3) is 11.3 Å². The average molecular weight is 335 g/mol. The first-order valence-electron chi connectivity index (χ1n) is 7.56. The second-order valence-corrected chi connectivity index (χ2v) is 5.51. The second-order valence-electron chi connectivity index (χ2n) is 5.51. The molecule has 0 aliphatic heterocycles. The van der Waals surface area contributed by atoms with Crippen molar-refractivity contribution in [1.29, 1.82) is 0 Å². The van der Waals surface area contributed by atoms with Crippen molar-refractivity contribution in [3.05, 3.63) is 64.9 Å². The maximum atomic E-state index is 13.0. The summed E-state index contributed by atoms with van der Waals surface area (Å²) in [5.41, 5.74) is 1.70. The van der Waals surface area contributed by atoms with Crippen LogP contribution in [0, 0.1) is 0 Å². The van der Waals surface area contributed by atoms with Gasteiger partial charge in [-0.25, -0.2) is 0 Å². The number of fused-ring (bicyclic) bond motifs is 2. The molecule has 0 bridgehead atoms. The molecule has 6 nitrogen and oxygen atoms in total. The third kappa shape index (κ3) is 2.15.